The number of benzene rings is 3. The van der Waals surface area contributed by atoms with Crippen LogP contribution in [-0.2, 0) is 5.16 Å². The van der Waals surface area contributed by atoms with Gasteiger partial charge in [-0.25, -0.2) is 9.97 Å². The minimum Gasteiger partial charge on any atom is -0.355 e. The van der Waals surface area contributed by atoms with Gasteiger partial charge in [0.05, 0.1) is 27.9 Å². The van der Waals surface area contributed by atoms with Crippen LogP contribution in [0.15, 0.2) is 133 Å². The first-order chi connectivity index (χ1) is 22.1. The maximum absolute atomic E-state index is 4.96. The number of rotatable bonds is 5. The highest BCUT2D eigenvalue weighted by atomic mass is 127. The summed E-state index contributed by atoms with van der Waals surface area (Å²) in [5.41, 5.74) is 10.7. The molecule has 0 fully saturated rings. The fourth-order valence-corrected chi connectivity index (χ4v) is 12.0. The highest BCUT2D eigenvalue weighted by Crippen LogP contribution is 2.67. The van der Waals surface area contributed by atoms with E-state index < -0.39 is 10.7 Å². The number of aromatic nitrogens is 4. The average Bonchev–Trinajstić information content (AvgIpc) is 3.89. The monoisotopic (exact) mass is 710 g/mol. The zero-order valence-electron chi connectivity index (χ0n) is 24.2. The summed E-state index contributed by atoms with van der Waals surface area (Å²) in [5.74, 6) is 0. The number of nitrogens with zero attached hydrogens (tertiary/aromatic N) is 2. The van der Waals surface area contributed by atoms with Gasteiger partial charge in [-0.3, -0.25) is 0 Å². The van der Waals surface area contributed by atoms with E-state index in [0.29, 0.717) is 0 Å². The first kappa shape index (κ1) is 27.9. The van der Waals surface area contributed by atoms with Gasteiger partial charge >= 0.3 is 0 Å². The lowest BCUT2D eigenvalue weighted by atomic mass is 9.84. The Hall–Kier alpha value is -4.58. The van der Waals surface area contributed by atoms with E-state index in [1.807, 2.05) is 18.2 Å². The maximum atomic E-state index is 4.96. The van der Waals surface area contributed by atoms with Crippen LogP contribution in [0.3, 0.4) is 0 Å². The molecule has 5 heterocycles. The summed E-state index contributed by atoms with van der Waals surface area (Å²) < 4.78 is 0. The molecule has 216 valence electrons. The maximum Gasteiger partial charge on any atom is 0.0783 e. The zero-order valence-corrected chi connectivity index (χ0v) is 27.3. The fourth-order valence-electron chi connectivity index (χ4n) is 6.22. The second-order valence-corrected chi connectivity index (χ2v) is 15.8. The van der Waals surface area contributed by atoms with Crippen LogP contribution in [0.4, 0.5) is 0 Å². The van der Waals surface area contributed by atoms with Gasteiger partial charge < -0.3 is 9.97 Å². The van der Waals surface area contributed by atoms with Gasteiger partial charge in [0.2, 0.25) is 0 Å². The molecule has 0 aliphatic carbocycles. The average molecular weight is 711 g/mol. The molecule has 8 bridgehead atoms. The van der Waals surface area contributed by atoms with E-state index in [9.17, 15) is 0 Å². The minimum atomic E-state index is -0.911. The SMILES string of the molecule is IP(c1cc2cc3ccc(cc4nc(cc5nc(cc1[nH]2)C=C5)C=C4)[nH]3)C(c1ccccc1)(c1ccccc1)c1ccccc1. The summed E-state index contributed by atoms with van der Waals surface area (Å²) in [6.45, 7) is 0. The van der Waals surface area contributed by atoms with Gasteiger partial charge in [-0.05, 0) is 105 Å². The molecule has 45 heavy (non-hydrogen) atoms. The molecule has 6 heteroatoms. The molecule has 2 aliphatic heterocycles. The number of nitrogens with one attached hydrogen (secondary N) is 2. The first-order valence-electron chi connectivity index (χ1n) is 14.9. The number of fused-ring (bicyclic) bond motifs is 8. The molecule has 0 radical (unpaired) electrons. The Balaban J connectivity index is 1.44. The molecule has 2 N–H and O–H groups in total. The summed E-state index contributed by atoms with van der Waals surface area (Å²) in [6.07, 6.45) is 8.21. The van der Waals surface area contributed by atoms with Gasteiger partial charge in [0.25, 0.3) is 0 Å². The lowest BCUT2D eigenvalue weighted by Crippen LogP contribution is -2.29. The normalized spacial score (nSPS) is 13.2. The smallest absolute Gasteiger partial charge is 0.0783 e. The second kappa shape index (κ2) is 11.7. The second-order valence-electron chi connectivity index (χ2n) is 11.1. The van der Waals surface area contributed by atoms with E-state index in [-0.39, 0.29) is 0 Å². The van der Waals surface area contributed by atoms with Crippen molar-refractivity contribution in [1.82, 2.24) is 19.9 Å². The van der Waals surface area contributed by atoms with Crippen LogP contribution in [-0.4, -0.2) is 19.9 Å². The highest BCUT2D eigenvalue weighted by molar-refractivity contribution is 14.2. The predicted molar refractivity (Wildman–Crippen MR) is 199 cm³/mol. The molecule has 1 unspecified atom stereocenters. The Labute approximate surface area is 275 Å². The topological polar surface area (TPSA) is 57.4 Å². The molecule has 1 atom stereocenters. The molecule has 3 aromatic carbocycles. The third kappa shape index (κ3) is 5.26. The predicted octanol–water partition coefficient (Wildman–Crippen LogP) is 10.1. The molecule has 0 saturated carbocycles. The number of H-pyrrole nitrogens is 2. The largest absolute Gasteiger partial charge is 0.355 e. The van der Waals surface area contributed by atoms with E-state index in [4.69, 9.17) is 9.97 Å². The number of halogens is 1. The van der Waals surface area contributed by atoms with Crippen LogP contribution < -0.4 is 5.30 Å². The lowest BCUT2D eigenvalue weighted by Gasteiger charge is -2.40. The van der Waals surface area contributed by atoms with Crippen LogP contribution in [0, 0.1) is 0 Å². The van der Waals surface area contributed by atoms with Gasteiger partial charge in [0.1, 0.15) is 0 Å². The Morgan fingerprint density at radius 2 is 0.933 bits per heavy atom. The van der Waals surface area contributed by atoms with Gasteiger partial charge in [-0.1, -0.05) is 91.0 Å². The third-order valence-electron chi connectivity index (χ3n) is 8.23. The van der Waals surface area contributed by atoms with Crippen LogP contribution in [0.2, 0.25) is 0 Å². The fraction of sp³-hybridized carbons (Fsp3) is 0.0256. The molecule has 6 aromatic rings. The molecule has 8 rings (SSSR count). The van der Waals surface area contributed by atoms with Crippen molar-refractivity contribution in [2.45, 2.75) is 5.16 Å². The van der Waals surface area contributed by atoms with Gasteiger partial charge in [-0.2, -0.15) is 0 Å². The van der Waals surface area contributed by atoms with Gasteiger partial charge in [0, 0.05) is 32.9 Å². The molecular formula is C39H28IN4P. The van der Waals surface area contributed by atoms with Crippen molar-refractivity contribution in [1.29, 1.82) is 0 Å². The van der Waals surface area contributed by atoms with Crippen molar-refractivity contribution >= 4 is 79.3 Å². The lowest BCUT2D eigenvalue weighted by molar-refractivity contribution is 0.890. The van der Waals surface area contributed by atoms with E-state index in [0.717, 1.165) is 44.8 Å². The molecule has 3 aromatic heterocycles. The quantitative estimate of drug-likeness (QED) is 0.106. The molecular weight excluding hydrogens is 682 g/mol. The standard InChI is InChI=1S/C39H28IN4P/c40-45(39(27-10-4-1-5-11-27,28-12-6-2-7-13-28)29-14-8-3-9-15-29)38-26-36-24-34-19-18-32(42-34)22-30-16-17-31(41-30)23-33-20-21-35(43-33)25-37(38)44-36/h1-26,42,44H. The molecule has 2 aliphatic rings. The van der Waals surface area contributed by atoms with Crippen LogP contribution >= 0.6 is 27.6 Å². The Kier molecular flexibility index (Phi) is 7.28. The Morgan fingerprint density at radius 3 is 1.47 bits per heavy atom. The number of aromatic amines is 2. The number of hydrogen-bond donors (Lipinski definition) is 2. The molecule has 4 nitrogen and oxygen atoms in total. The van der Waals surface area contributed by atoms with Crippen molar-refractivity contribution in [3.05, 3.63) is 173 Å². The Bertz CT molecular complexity index is 2140. The summed E-state index contributed by atoms with van der Waals surface area (Å²) in [7, 11) is 0. The van der Waals surface area contributed by atoms with E-state index >= 15 is 0 Å². The Morgan fingerprint density at radius 1 is 0.467 bits per heavy atom. The van der Waals surface area contributed by atoms with Crippen molar-refractivity contribution in [2.24, 2.45) is 0 Å². The van der Waals surface area contributed by atoms with Crippen LogP contribution in [0.25, 0.3) is 46.4 Å². The van der Waals surface area contributed by atoms with Gasteiger partial charge in [-0.15, -0.1) is 0 Å². The van der Waals surface area contributed by atoms with Crippen molar-refractivity contribution in [3.8, 4) is 0 Å². The summed E-state index contributed by atoms with van der Waals surface area (Å²) in [6, 6.07) is 47.9. The van der Waals surface area contributed by atoms with E-state index in [1.54, 1.807) is 0 Å². The number of hydrogen-bond acceptors (Lipinski definition) is 2. The molecule has 0 amide bonds. The molecule has 0 saturated heterocycles. The summed E-state index contributed by atoms with van der Waals surface area (Å²) >= 11 is 2.74. The van der Waals surface area contributed by atoms with Gasteiger partial charge in [0.15, 0.2) is 0 Å². The van der Waals surface area contributed by atoms with Crippen LogP contribution in [0.5, 0.6) is 0 Å². The van der Waals surface area contributed by atoms with Crippen LogP contribution in [0.1, 0.15) is 39.5 Å². The zero-order chi connectivity index (χ0) is 30.2. The van der Waals surface area contributed by atoms with E-state index in [1.165, 1.54) is 22.0 Å². The third-order valence-corrected chi connectivity index (χ3v) is 14.1. The summed E-state index contributed by atoms with van der Waals surface area (Å²) in [5, 5.41) is 0.862. The summed E-state index contributed by atoms with van der Waals surface area (Å²) in [4.78, 5) is 17.1. The first-order valence-corrected chi connectivity index (χ1v) is 19.0. The van der Waals surface area contributed by atoms with Crippen molar-refractivity contribution < 1.29 is 0 Å². The van der Waals surface area contributed by atoms with Crippen molar-refractivity contribution in [2.75, 3.05) is 0 Å². The highest BCUT2D eigenvalue weighted by Gasteiger charge is 2.44. The van der Waals surface area contributed by atoms with E-state index in [2.05, 4.69) is 172 Å². The van der Waals surface area contributed by atoms with Crippen molar-refractivity contribution in [3.63, 3.8) is 0 Å². The minimum absolute atomic E-state index is 0.408. The molecule has 0 spiro atoms.